The van der Waals surface area contributed by atoms with Crippen LogP contribution in [0.4, 0.5) is 10.2 Å². The maximum Gasteiger partial charge on any atom is 0.272 e. The molecule has 2 aliphatic heterocycles. The van der Waals surface area contributed by atoms with Crippen LogP contribution in [0.3, 0.4) is 0 Å². The molecule has 4 aromatic heterocycles. The Morgan fingerprint density at radius 2 is 1.74 bits per heavy atom. The van der Waals surface area contributed by atoms with Crippen molar-refractivity contribution in [1.82, 2.24) is 34.7 Å². The summed E-state index contributed by atoms with van der Waals surface area (Å²) in [5, 5.41) is 11.1. The standard InChI is InChI=1S/C29H27FN8O3S/c1-42(40,41)26-25(18-12-20-7-8-21(13-18)37(20)29(39)24-10-11-33-36-24)35-28-22(15-34-38(28)27(26)31)17-4-9-23(32-14-17)16-2-5-19(30)6-3-16/h2-6,9-11,14-15,18,20-21H,7-8,12-13,31H2,1H3,(H,33,36)/t18-,20-,21+. The van der Waals surface area contributed by atoms with E-state index in [0.717, 1.165) is 30.2 Å². The van der Waals surface area contributed by atoms with Crippen LogP contribution < -0.4 is 5.73 Å². The first-order chi connectivity index (χ1) is 20.2. The van der Waals surface area contributed by atoms with Crippen molar-refractivity contribution in [2.75, 3.05) is 12.0 Å². The third-order valence-corrected chi connectivity index (χ3v) is 9.49. The number of amides is 1. The zero-order valence-corrected chi connectivity index (χ0v) is 23.4. The molecule has 5 aromatic rings. The Labute approximate surface area is 240 Å². The van der Waals surface area contributed by atoms with Gasteiger partial charge in [0.05, 0.1) is 17.6 Å². The van der Waals surface area contributed by atoms with E-state index in [4.69, 9.17) is 10.7 Å². The van der Waals surface area contributed by atoms with E-state index in [2.05, 4.69) is 20.3 Å². The molecule has 2 fully saturated rings. The minimum Gasteiger partial charge on any atom is -0.382 e. The number of nitrogen functional groups attached to an aromatic ring is 1. The Kier molecular flexibility index (Phi) is 6.08. The first-order valence-electron chi connectivity index (χ1n) is 13.6. The number of carbonyl (C=O) groups excluding carboxylic acids is 1. The fraction of sp³-hybridized carbons (Fsp3) is 0.276. The Balaban J connectivity index is 1.27. The van der Waals surface area contributed by atoms with Gasteiger partial charge in [0.25, 0.3) is 5.91 Å². The monoisotopic (exact) mass is 586 g/mol. The number of hydrogen-bond acceptors (Lipinski definition) is 8. The fourth-order valence-corrected chi connectivity index (χ4v) is 7.53. The summed E-state index contributed by atoms with van der Waals surface area (Å²) in [7, 11) is -3.76. The number of halogens is 1. The van der Waals surface area contributed by atoms with Crippen LogP contribution in [0.5, 0.6) is 0 Å². The van der Waals surface area contributed by atoms with Gasteiger partial charge in [-0.25, -0.2) is 17.8 Å². The summed E-state index contributed by atoms with van der Waals surface area (Å²) >= 11 is 0. The van der Waals surface area contributed by atoms with E-state index in [9.17, 15) is 17.6 Å². The second kappa shape index (κ2) is 9.72. The second-order valence-corrected chi connectivity index (χ2v) is 12.9. The van der Waals surface area contributed by atoms with E-state index < -0.39 is 9.84 Å². The molecule has 1 aromatic carbocycles. The molecule has 3 N–H and O–H groups in total. The average Bonchev–Trinajstić information content (AvgIpc) is 3.71. The molecule has 13 heteroatoms. The summed E-state index contributed by atoms with van der Waals surface area (Å²) in [6.45, 7) is 0. The molecular weight excluding hydrogens is 559 g/mol. The number of aromatic nitrogens is 6. The number of H-pyrrole nitrogens is 1. The van der Waals surface area contributed by atoms with Gasteiger partial charge < -0.3 is 10.6 Å². The van der Waals surface area contributed by atoms with Crippen molar-refractivity contribution in [3.63, 3.8) is 0 Å². The molecule has 0 radical (unpaired) electrons. The number of nitrogens with one attached hydrogen (secondary N) is 1. The van der Waals surface area contributed by atoms with Crippen LogP contribution in [0.25, 0.3) is 28.0 Å². The summed E-state index contributed by atoms with van der Waals surface area (Å²) in [6.07, 6.45) is 8.75. The highest BCUT2D eigenvalue weighted by Gasteiger charge is 2.45. The minimum absolute atomic E-state index is 0.00274. The number of hydrogen-bond donors (Lipinski definition) is 2. The van der Waals surface area contributed by atoms with Crippen molar-refractivity contribution in [2.24, 2.45) is 0 Å². The lowest BCUT2D eigenvalue weighted by Gasteiger charge is -2.39. The number of anilines is 1. The highest BCUT2D eigenvalue weighted by atomic mass is 32.2. The van der Waals surface area contributed by atoms with Gasteiger partial charge in [0.1, 0.15) is 22.2 Å². The van der Waals surface area contributed by atoms with E-state index in [1.165, 1.54) is 16.6 Å². The van der Waals surface area contributed by atoms with Gasteiger partial charge in [0.2, 0.25) is 0 Å². The van der Waals surface area contributed by atoms with Gasteiger partial charge in [0.15, 0.2) is 15.5 Å². The van der Waals surface area contributed by atoms with E-state index >= 15 is 0 Å². The van der Waals surface area contributed by atoms with Crippen LogP contribution in [0, 0.1) is 5.82 Å². The van der Waals surface area contributed by atoms with Gasteiger partial charge in [-0.2, -0.15) is 14.7 Å². The quantitative estimate of drug-likeness (QED) is 0.315. The molecule has 0 spiro atoms. The fourth-order valence-electron chi connectivity index (χ4n) is 6.47. The van der Waals surface area contributed by atoms with Crippen LogP contribution in [0.2, 0.25) is 0 Å². The van der Waals surface area contributed by atoms with Crippen LogP contribution in [-0.4, -0.2) is 67.3 Å². The molecule has 2 saturated heterocycles. The van der Waals surface area contributed by atoms with Crippen LogP contribution in [-0.2, 0) is 9.84 Å². The van der Waals surface area contributed by atoms with Gasteiger partial charge in [-0.3, -0.25) is 14.9 Å². The maximum atomic E-state index is 13.4. The highest BCUT2D eigenvalue weighted by molar-refractivity contribution is 7.91. The molecule has 7 rings (SSSR count). The number of carbonyl (C=O) groups is 1. The molecule has 11 nitrogen and oxygen atoms in total. The normalized spacial score (nSPS) is 20.3. The maximum absolute atomic E-state index is 13.4. The van der Waals surface area contributed by atoms with Crippen LogP contribution >= 0.6 is 0 Å². The van der Waals surface area contributed by atoms with Crippen molar-refractivity contribution >= 4 is 27.2 Å². The SMILES string of the molecule is CS(=O)(=O)c1c([C@@H]2C[C@H]3CC[C@@H](C2)N3C(=O)c2ccn[nH]2)nc2c(-c3ccc(-c4ccc(F)cc4)nc3)cnn2c1N. The van der Waals surface area contributed by atoms with Crippen LogP contribution in [0.15, 0.2) is 66.0 Å². The molecule has 6 heterocycles. The summed E-state index contributed by atoms with van der Waals surface area (Å²) in [4.78, 5) is 24.6. The van der Waals surface area contributed by atoms with Gasteiger partial charge in [-0.1, -0.05) is 6.07 Å². The van der Waals surface area contributed by atoms with Gasteiger partial charge in [-0.15, -0.1) is 0 Å². The second-order valence-electron chi connectivity index (χ2n) is 11.0. The smallest absolute Gasteiger partial charge is 0.272 e. The Hall–Kier alpha value is -4.65. The van der Waals surface area contributed by atoms with E-state index in [-0.39, 0.29) is 40.4 Å². The lowest BCUT2D eigenvalue weighted by Crippen LogP contribution is -2.46. The van der Waals surface area contributed by atoms with E-state index in [1.807, 2.05) is 17.0 Å². The van der Waals surface area contributed by atoms with Crippen molar-refractivity contribution in [1.29, 1.82) is 0 Å². The highest BCUT2D eigenvalue weighted by Crippen LogP contribution is 2.45. The Morgan fingerprint density at radius 1 is 1.02 bits per heavy atom. The number of nitrogens with zero attached hydrogens (tertiary/aromatic N) is 6. The minimum atomic E-state index is -3.76. The zero-order valence-electron chi connectivity index (χ0n) is 22.6. The molecule has 1 amide bonds. The van der Waals surface area contributed by atoms with Crippen molar-refractivity contribution in [3.8, 4) is 22.4 Å². The summed E-state index contributed by atoms with van der Waals surface area (Å²) in [6, 6.07) is 11.3. The average molecular weight is 587 g/mol. The van der Waals surface area contributed by atoms with E-state index in [1.54, 1.807) is 36.8 Å². The van der Waals surface area contributed by atoms with Crippen molar-refractivity contribution in [2.45, 2.75) is 48.6 Å². The molecule has 3 atom stereocenters. The third kappa shape index (κ3) is 4.31. The number of pyridine rings is 1. The predicted octanol–water partition coefficient (Wildman–Crippen LogP) is 3.86. The Bertz CT molecular complexity index is 1910. The summed E-state index contributed by atoms with van der Waals surface area (Å²) < 4.78 is 40.8. The lowest BCUT2D eigenvalue weighted by atomic mass is 9.87. The number of rotatable bonds is 5. The molecule has 2 aliphatic rings. The van der Waals surface area contributed by atoms with Gasteiger partial charge >= 0.3 is 0 Å². The molecule has 0 unspecified atom stereocenters. The van der Waals surface area contributed by atoms with Crippen LogP contribution in [0.1, 0.15) is 47.8 Å². The van der Waals surface area contributed by atoms with Gasteiger partial charge in [-0.05, 0) is 62.1 Å². The molecule has 42 heavy (non-hydrogen) atoms. The summed E-state index contributed by atoms with van der Waals surface area (Å²) in [5.41, 5.74) is 10.6. The number of sulfone groups is 1. The topological polar surface area (TPSA) is 152 Å². The molecule has 214 valence electrons. The van der Waals surface area contributed by atoms with Crippen molar-refractivity contribution < 1.29 is 17.6 Å². The van der Waals surface area contributed by atoms with Gasteiger partial charge in [0, 0.05) is 53.3 Å². The number of nitrogens with two attached hydrogens (primary N) is 1. The third-order valence-electron chi connectivity index (χ3n) is 8.33. The number of fused-ring (bicyclic) bond motifs is 3. The number of piperidine rings is 1. The first kappa shape index (κ1) is 26.3. The predicted molar refractivity (Wildman–Crippen MR) is 153 cm³/mol. The molecule has 0 saturated carbocycles. The Morgan fingerprint density at radius 3 is 2.36 bits per heavy atom. The van der Waals surface area contributed by atoms with Crippen molar-refractivity contribution in [3.05, 3.63) is 78.3 Å². The number of aromatic amines is 1. The number of benzene rings is 1. The molecule has 2 bridgehead atoms. The molecular formula is C29H27FN8O3S. The largest absolute Gasteiger partial charge is 0.382 e. The lowest BCUT2D eigenvalue weighted by molar-refractivity contribution is 0.0562. The first-order valence-corrected chi connectivity index (χ1v) is 15.5. The zero-order chi connectivity index (χ0) is 29.2. The molecule has 0 aliphatic carbocycles. The summed E-state index contributed by atoms with van der Waals surface area (Å²) in [5.74, 6) is -0.632. The van der Waals surface area contributed by atoms with E-state index in [0.29, 0.717) is 41.1 Å².